The highest BCUT2D eigenvalue weighted by Crippen LogP contribution is 2.35. The van der Waals surface area contributed by atoms with E-state index < -0.39 is 16.1 Å². The van der Waals surface area contributed by atoms with Crippen molar-refractivity contribution in [1.82, 2.24) is 0 Å². The molecule has 0 bridgehead atoms. The maximum atomic E-state index is 12.5. The van der Waals surface area contributed by atoms with Gasteiger partial charge in [0, 0.05) is 12.1 Å². The zero-order chi connectivity index (χ0) is 22.3. The molecule has 30 heavy (non-hydrogen) atoms. The Bertz CT molecular complexity index is 1030. The minimum Gasteiger partial charge on any atom is -0.496 e. The summed E-state index contributed by atoms with van der Waals surface area (Å²) in [6, 6.07) is 7.35. The quantitative estimate of drug-likeness (QED) is 0.544. The molecule has 0 heterocycles. The van der Waals surface area contributed by atoms with Gasteiger partial charge < -0.3 is 24.1 Å². The third kappa shape index (κ3) is 5.70. The SMILES string of the molecule is COc1cc(OC)c(C=CS(=O)(=O)Nc2ccc(OC)c(NC(=O)O)c2)c(OC)c1. The Labute approximate surface area is 174 Å². The predicted molar refractivity (Wildman–Crippen MR) is 112 cm³/mol. The van der Waals surface area contributed by atoms with Gasteiger partial charge in [-0.25, -0.2) is 13.2 Å². The summed E-state index contributed by atoms with van der Waals surface area (Å²) in [6.07, 6.45) is 0.00577. The Kier molecular flexibility index (Phi) is 7.37. The van der Waals surface area contributed by atoms with Crippen molar-refractivity contribution in [3.63, 3.8) is 0 Å². The monoisotopic (exact) mass is 438 g/mol. The van der Waals surface area contributed by atoms with E-state index in [1.54, 1.807) is 12.1 Å². The molecular formula is C19H22N2O8S. The van der Waals surface area contributed by atoms with Gasteiger partial charge in [-0.3, -0.25) is 10.0 Å². The topological polar surface area (TPSA) is 132 Å². The number of hydrogen-bond donors (Lipinski definition) is 3. The molecule has 0 aliphatic carbocycles. The van der Waals surface area contributed by atoms with Gasteiger partial charge in [-0.1, -0.05) is 0 Å². The predicted octanol–water partition coefficient (Wildman–Crippen LogP) is 3.22. The Morgan fingerprint density at radius 1 is 0.933 bits per heavy atom. The fourth-order valence-corrected chi connectivity index (χ4v) is 3.38. The summed E-state index contributed by atoms with van der Waals surface area (Å²) < 4.78 is 48.2. The lowest BCUT2D eigenvalue weighted by atomic mass is 10.1. The zero-order valence-electron chi connectivity index (χ0n) is 16.8. The number of benzene rings is 2. The van der Waals surface area contributed by atoms with Gasteiger partial charge in [0.15, 0.2) is 0 Å². The van der Waals surface area contributed by atoms with Gasteiger partial charge in [0.25, 0.3) is 10.0 Å². The first-order valence-electron chi connectivity index (χ1n) is 8.42. The molecule has 2 aromatic rings. The third-order valence-corrected chi connectivity index (χ3v) is 4.88. The number of hydrogen-bond acceptors (Lipinski definition) is 7. The number of amides is 1. The van der Waals surface area contributed by atoms with E-state index in [1.807, 2.05) is 0 Å². The van der Waals surface area contributed by atoms with Crippen molar-refractivity contribution in [2.75, 3.05) is 38.5 Å². The van der Waals surface area contributed by atoms with Crippen LogP contribution in [0.3, 0.4) is 0 Å². The molecule has 0 spiro atoms. The molecule has 0 aliphatic rings. The first-order chi connectivity index (χ1) is 14.2. The average molecular weight is 438 g/mol. The van der Waals surface area contributed by atoms with Crippen molar-refractivity contribution >= 4 is 33.6 Å². The standard InChI is InChI=1S/C19H22N2O8S/c1-26-13-10-17(28-3)14(18(11-13)29-4)7-8-30(24,25)21-12-5-6-16(27-2)15(9-12)20-19(22)23/h5-11,20-21H,1-4H3,(H,22,23). The van der Waals surface area contributed by atoms with Crippen LogP contribution in [-0.2, 0) is 10.0 Å². The van der Waals surface area contributed by atoms with Crippen LogP contribution in [0.25, 0.3) is 6.08 Å². The molecule has 3 N–H and O–H groups in total. The van der Waals surface area contributed by atoms with Gasteiger partial charge in [0.2, 0.25) is 0 Å². The van der Waals surface area contributed by atoms with E-state index in [4.69, 9.17) is 24.1 Å². The minimum absolute atomic E-state index is 0.0904. The van der Waals surface area contributed by atoms with E-state index in [2.05, 4.69) is 10.0 Å². The Balaban J connectivity index is 2.34. The minimum atomic E-state index is -3.95. The van der Waals surface area contributed by atoms with Crippen LogP contribution in [0.5, 0.6) is 23.0 Å². The summed E-state index contributed by atoms with van der Waals surface area (Å²) in [4.78, 5) is 10.9. The number of carboxylic acid groups (broad SMARTS) is 1. The summed E-state index contributed by atoms with van der Waals surface area (Å²) in [5.41, 5.74) is 0.625. The van der Waals surface area contributed by atoms with Crippen LogP contribution >= 0.6 is 0 Å². The largest absolute Gasteiger partial charge is 0.496 e. The number of rotatable bonds is 9. The van der Waals surface area contributed by atoms with E-state index in [0.717, 1.165) is 5.41 Å². The highest BCUT2D eigenvalue weighted by atomic mass is 32.2. The maximum absolute atomic E-state index is 12.5. The summed E-state index contributed by atoms with van der Waals surface area (Å²) >= 11 is 0. The molecule has 11 heteroatoms. The van der Waals surface area contributed by atoms with Crippen LogP contribution in [-0.4, -0.2) is 48.1 Å². The highest BCUT2D eigenvalue weighted by Gasteiger charge is 2.14. The maximum Gasteiger partial charge on any atom is 0.409 e. The lowest BCUT2D eigenvalue weighted by Gasteiger charge is -2.13. The van der Waals surface area contributed by atoms with Crippen molar-refractivity contribution in [3.05, 3.63) is 41.3 Å². The summed E-state index contributed by atoms with van der Waals surface area (Å²) in [5, 5.41) is 12.0. The van der Waals surface area contributed by atoms with Crippen LogP contribution in [0.2, 0.25) is 0 Å². The van der Waals surface area contributed by atoms with Gasteiger partial charge in [-0.2, -0.15) is 0 Å². The molecule has 2 aromatic carbocycles. The summed E-state index contributed by atoms with van der Waals surface area (Å²) in [7, 11) is 1.77. The van der Waals surface area contributed by atoms with Gasteiger partial charge in [0.05, 0.1) is 50.8 Å². The first kappa shape index (κ1) is 22.7. The van der Waals surface area contributed by atoms with E-state index in [1.165, 1.54) is 52.7 Å². The number of anilines is 2. The van der Waals surface area contributed by atoms with E-state index >= 15 is 0 Å². The Hall–Kier alpha value is -3.60. The lowest BCUT2D eigenvalue weighted by Crippen LogP contribution is -2.11. The molecule has 0 saturated carbocycles. The second kappa shape index (κ2) is 9.74. The number of sulfonamides is 1. The molecule has 0 atom stereocenters. The van der Waals surface area contributed by atoms with Gasteiger partial charge in [-0.05, 0) is 24.3 Å². The Morgan fingerprint density at radius 2 is 1.53 bits per heavy atom. The molecule has 0 fully saturated rings. The molecule has 10 nitrogen and oxygen atoms in total. The smallest absolute Gasteiger partial charge is 0.409 e. The van der Waals surface area contributed by atoms with Crippen molar-refractivity contribution in [3.8, 4) is 23.0 Å². The molecule has 0 aromatic heterocycles. The third-order valence-electron chi connectivity index (χ3n) is 3.87. The van der Waals surface area contributed by atoms with E-state index in [9.17, 15) is 13.2 Å². The van der Waals surface area contributed by atoms with Crippen molar-refractivity contribution in [2.24, 2.45) is 0 Å². The normalized spacial score (nSPS) is 11.1. The van der Waals surface area contributed by atoms with Gasteiger partial charge in [0.1, 0.15) is 23.0 Å². The number of ether oxygens (including phenoxy) is 4. The van der Waals surface area contributed by atoms with E-state index in [0.29, 0.717) is 22.8 Å². The molecule has 2 rings (SSSR count). The van der Waals surface area contributed by atoms with Crippen molar-refractivity contribution in [1.29, 1.82) is 0 Å². The summed E-state index contributed by atoms with van der Waals surface area (Å²) in [5.74, 6) is 1.44. The molecule has 0 unspecified atom stereocenters. The molecule has 0 saturated heterocycles. The van der Waals surface area contributed by atoms with E-state index in [-0.39, 0.29) is 17.1 Å². The second-order valence-corrected chi connectivity index (χ2v) is 7.31. The van der Waals surface area contributed by atoms with Crippen LogP contribution in [0.4, 0.5) is 16.2 Å². The highest BCUT2D eigenvalue weighted by molar-refractivity contribution is 7.95. The van der Waals surface area contributed by atoms with Crippen LogP contribution in [0.15, 0.2) is 35.7 Å². The number of nitrogens with one attached hydrogen (secondary N) is 2. The number of methoxy groups -OCH3 is 4. The molecule has 0 radical (unpaired) electrons. The lowest BCUT2D eigenvalue weighted by molar-refractivity contribution is 0.209. The molecule has 162 valence electrons. The Morgan fingerprint density at radius 3 is 2.03 bits per heavy atom. The van der Waals surface area contributed by atoms with Crippen molar-refractivity contribution in [2.45, 2.75) is 0 Å². The fourth-order valence-electron chi connectivity index (χ4n) is 2.54. The van der Waals surface area contributed by atoms with Crippen LogP contribution < -0.4 is 29.0 Å². The number of carbonyl (C=O) groups is 1. The van der Waals surface area contributed by atoms with Gasteiger partial charge in [-0.15, -0.1) is 0 Å². The average Bonchev–Trinajstić information content (AvgIpc) is 2.71. The van der Waals surface area contributed by atoms with Gasteiger partial charge >= 0.3 is 6.09 Å². The summed E-state index contributed by atoms with van der Waals surface area (Å²) in [6.45, 7) is 0. The fraction of sp³-hybridized carbons (Fsp3) is 0.211. The molecule has 0 aliphatic heterocycles. The van der Waals surface area contributed by atoms with Crippen LogP contribution in [0.1, 0.15) is 5.56 Å². The first-order valence-corrected chi connectivity index (χ1v) is 9.96. The second-order valence-electron chi connectivity index (χ2n) is 5.74. The molecule has 1 amide bonds. The van der Waals surface area contributed by atoms with Crippen molar-refractivity contribution < 1.29 is 37.3 Å². The molecular weight excluding hydrogens is 416 g/mol. The van der Waals surface area contributed by atoms with Crippen LogP contribution in [0, 0.1) is 0 Å². The zero-order valence-corrected chi connectivity index (χ0v) is 17.6.